The SMILES string of the molecule is CN1CCN(C(=O)C(F)(F)C(F)F)C(c2ccccc2)C1. The number of benzene rings is 1. The van der Waals surface area contributed by atoms with Crippen LogP contribution < -0.4 is 0 Å². The van der Waals surface area contributed by atoms with Crippen LogP contribution in [-0.4, -0.2) is 54.7 Å². The van der Waals surface area contributed by atoms with Gasteiger partial charge in [-0.2, -0.15) is 8.78 Å². The number of alkyl halides is 4. The summed E-state index contributed by atoms with van der Waals surface area (Å²) < 4.78 is 51.5. The summed E-state index contributed by atoms with van der Waals surface area (Å²) in [5, 5.41) is 0. The predicted molar refractivity (Wildman–Crippen MR) is 69.3 cm³/mol. The first-order valence-electron chi connectivity index (χ1n) is 6.54. The van der Waals surface area contributed by atoms with Crippen molar-refractivity contribution in [2.75, 3.05) is 26.7 Å². The number of hydrogen-bond donors (Lipinski definition) is 0. The molecule has 3 nitrogen and oxygen atoms in total. The minimum atomic E-state index is -4.65. The molecule has 1 aromatic carbocycles. The first kappa shape index (κ1) is 15.8. The molecule has 1 saturated heterocycles. The smallest absolute Gasteiger partial charge is 0.328 e. The molecule has 1 aromatic rings. The Balaban J connectivity index is 2.29. The molecular formula is C14H16F4N2O. The molecule has 0 radical (unpaired) electrons. The van der Waals surface area contributed by atoms with Gasteiger partial charge >= 0.3 is 12.3 Å². The molecule has 1 heterocycles. The minimum absolute atomic E-state index is 0.00277. The maximum absolute atomic E-state index is 13.4. The molecule has 2 rings (SSSR count). The van der Waals surface area contributed by atoms with Gasteiger partial charge in [0.25, 0.3) is 5.91 Å². The molecule has 0 bridgehead atoms. The van der Waals surface area contributed by atoms with Crippen molar-refractivity contribution < 1.29 is 22.4 Å². The quantitative estimate of drug-likeness (QED) is 0.801. The zero-order valence-electron chi connectivity index (χ0n) is 11.5. The summed E-state index contributed by atoms with van der Waals surface area (Å²) in [6.45, 7) is 0.695. The van der Waals surface area contributed by atoms with E-state index in [9.17, 15) is 22.4 Å². The number of rotatable bonds is 3. The van der Waals surface area contributed by atoms with Gasteiger partial charge in [0.2, 0.25) is 0 Å². The van der Waals surface area contributed by atoms with E-state index in [1.54, 1.807) is 37.4 Å². The summed E-state index contributed by atoms with van der Waals surface area (Å²) in [6.07, 6.45) is -4.00. The Morgan fingerprint density at radius 2 is 1.86 bits per heavy atom. The molecule has 1 aliphatic rings. The monoisotopic (exact) mass is 304 g/mol. The third-order valence-electron chi connectivity index (χ3n) is 3.59. The molecule has 1 fully saturated rings. The number of carbonyl (C=O) groups excluding carboxylic acids is 1. The van der Waals surface area contributed by atoms with E-state index in [1.165, 1.54) is 0 Å². The topological polar surface area (TPSA) is 23.6 Å². The largest absolute Gasteiger partial charge is 0.383 e. The van der Waals surface area contributed by atoms with Crippen LogP contribution >= 0.6 is 0 Å². The lowest BCUT2D eigenvalue weighted by Gasteiger charge is -2.41. The summed E-state index contributed by atoms with van der Waals surface area (Å²) in [6, 6.07) is 7.95. The van der Waals surface area contributed by atoms with Gasteiger partial charge in [-0.15, -0.1) is 0 Å². The van der Waals surface area contributed by atoms with Crippen LogP contribution in [0.5, 0.6) is 0 Å². The van der Waals surface area contributed by atoms with E-state index in [2.05, 4.69) is 0 Å². The zero-order chi connectivity index (χ0) is 15.6. The van der Waals surface area contributed by atoms with Gasteiger partial charge < -0.3 is 9.80 Å². The van der Waals surface area contributed by atoms with E-state index in [1.807, 2.05) is 4.90 Å². The first-order chi connectivity index (χ1) is 9.84. The fraction of sp³-hybridized carbons (Fsp3) is 0.500. The van der Waals surface area contributed by atoms with Crippen molar-refractivity contribution in [1.82, 2.24) is 9.80 Å². The van der Waals surface area contributed by atoms with Gasteiger partial charge in [0.05, 0.1) is 6.04 Å². The Morgan fingerprint density at radius 3 is 2.43 bits per heavy atom. The lowest BCUT2D eigenvalue weighted by molar-refractivity contribution is -0.185. The summed E-state index contributed by atoms with van der Waals surface area (Å²) >= 11 is 0. The van der Waals surface area contributed by atoms with Gasteiger partial charge in [-0.1, -0.05) is 30.3 Å². The fourth-order valence-corrected chi connectivity index (χ4v) is 2.41. The molecular weight excluding hydrogens is 288 g/mol. The van der Waals surface area contributed by atoms with Gasteiger partial charge in [0.15, 0.2) is 0 Å². The van der Waals surface area contributed by atoms with E-state index in [0.29, 0.717) is 18.7 Å². The maximum atomic E-state index is 13.4. The van der Waals surface area contributed by atoms with Gasteiger partial charge in [-0.25, -0.2) is 8.78 Å². The number of nitrogens with zero attached hydrogens (tertiary/aromatic N) is 2. The Bertz CT molecular complexity index is 495. The van der Waals surface area contributed by atoms with Crippen molar-refractivity contribution in [3.05, 3.63) is 35.9 Å². The van der Waals surface area contributed by atoms with Crippen LogP contribution in [0.2, 0.25) is 0 Å². The number of hydrogen-bond acceptors (Lipinski definition) is 2. The highest BCUT2D eigenvalue weighted by atomic mass is 19.3. The second-order valence-electron chi connectivity index (χ2n) is 5.11. The molecule has 1 amide bonds. The van der Waals surface area contributed by atoms with Crippen molar-refractivity contribution >= 4 is 5.91 Å². The average Bonchev–Trinajstić information content (AvgIpc) is 2.47. The van der Waals surface area contributed by atoms with E-state index in [-0.39, 0.29) is 6.54 Å². The number of amides is 1. The molecule has 0 aromatic heterocycles. The van der Waals surface area contributed by atoms with Gasteiger partial charge in [0.1, 0.15) is 0 Å². The highest BCUT2D eigenvalue weighted by Crippen LogP contribution is 2.32. The van der Waals surface area contributed by atoms with Crippen LogP contribution in [0.3, 0.4) is 0 Å². The predicted octanol–water partition coefficient (Wildman–Crippen LogP) is 2.40. The Morgan fingerprint density at radius 1 is 1.24 bits per heavy atom. The Kier molecular flexibility index (Phi) is 4.51. The second kappa shape index (κ2) is 6.01. The standard InChI is InChI=1S/C14H16F4N2O/c1-19-7-8-20(13(21)14(17,18)12(15)16)11(9-19)10-5-3-2-4-6-10/h2-6,11-12H,7-9H2,1H3. The minimum Gasteiger partial charge on any atom is -0.328 e. The van der Waals surface area contributed by atoms with Crippen LogP contribution in [0.1, 0.15) is 11.6 Å². The van der Waals surface area contributed by atoms with E-state index < -0.39 is 24.3 Å². The summed E-state index contributed by atoms with van der Waals surface area (Å²) in [5.41, 5.74) is 0.655. The average molecular weight is 304 g/mol. The Labute approximate surface area is 120 Å². The van der Waals surface area contributed by atoms with Crippen LogP contribution in [0.25, 0.3) is 0 Å². The third-order valence-corrected chi connectivity index (χ3v) is 3.59. The van der Waals surface area contributed by atoms with Gasteiger partial charge in [0, 0.05) is 19.6 Å². The number of likely N-dealkylation sites (N-methyl/N-ethyl adjacent to an activating group) is 1. The Hall–Kier alpha value is -1.63. The lowest BCUT2D eigenvalue weighted by atomic mass is 10.0. The normalized spacial score (nSPS) is 20.9. The highest BCUT2D eigenvalue weighted by molar-refractivity contribution is 5.84. The lowest BCUT2D eigenvalue weighted by Crippen LogP contribution is -2.55. The van der Waals surface area contributed by atoms with E-state index in [4.69, 9.17) is 0 Å². The molecule has 21 heavy (non-hydrogen) atoms. The molecule has 0 aliphatic carbocycles. The molecule has 0 N–H and O–H groups in total. The van der Waals surface area contributed by atoms with E-state index in [0.717, 1.165) is 4.90 Å². The molecule has 1 unspecified atom stereocenters. The van der Waals surface area contributed by atoms with Gasteiger partial charge in [-0.05, 0) is 12.6 Å². The van der Waals surface area contributed by atoms with Crippen LogP contribution in [0.15, 0.2) is 30.3 Å². The molecule has 7 heteroatoms. The number of carbonyl (C=O) groups is 1. The molecule has 0 spiro atoms. The van der Waals surface area contributed by atoms with Crippen molar-refractivity contribution in [2.24, 2.45) is 0 Å². The van der Waals surface area contributed by atoms with Crippen molar-refractivity contribution in [3.8, 4) is 0 Å². The highest BCUT2D eigenvalue weighted by Gasteiger charge is 2.52. The molecule has 0 saturated carbocycles. The summed E-state index contributed by atoms with van der Waals surface area (Å²) in [4.78, 5) is 14.6. The summed E-state index contributed by atoms with van der Waals surface area (Å²) in [5.74, 6) is -6.46. The first-order valence-corrected chi connectivity index (χ1v) is 6.54. The summed E-state index contributed by atoms with van der Waals surface area (Å²) in [7, 11) is 1.79. The van der Waals surface area contributed by atoms with Crippen molar-refractivity contribution in [2.45, 2.75) is 18.4 Å². The molecule has 116 valence electrons. The van der Waals surface area contributed by atoms with Crippen LogP contribution in [0.4, 0.5) is 17.6 Å². The zero-order valence-corrected chi connectivity index (χ0v) is 11.5. The fourth-order valence-electron chi connectivity index (χ4n) is 2.41. The van der Waals surface area contributed by atoms with Crippen LogP contribution in [0, 0.1) is 0 Å². The van der Waals surface area contributed by atoms with Crippen molar-refractivity contribution in [3.63, 3.8) is 0 Å². The van der Waals surface area contributed by atoms with Crippen molar-refractivity contribution in [1.29, 1.82) is 0 Å². The second-order valence-corrected chi connectivity index (χ2v) is 5.11. The van der Waals surface area contributed by atoms with Gasteiger partial charge in [-0.3, -0.25) is 4.79 Å². The van der Waals surface area contributed by atoms with E-state index >= 15 is 0 Å². The molecule has 1 aliphatic heterocycles. The van der Waals surface area contributed by atoms with Crippen LogP contribution in [-0.2, 0) is 4.79 Å². The number of halogens is 4. The molecule has 1 atom stereocenters. The number of piperazine rings is 1. The third kappa shape index (κ3) is 3.18. The maximum Gasteiger partial charge on any atom is 0.383 e.